The van der Waals surface area contributed by atoms with Crippen molar-refractivity contribution in [1.29, 1.82) is 0 Å². The second-order valence-corrected chi connectivity index (χ2v) is 6.32. The van der Waals surface area contributed by atoms with Crippen LogP contribution in [0.15, 0.2) is 6.20 Å². The van der Waals surface area contributed by atoms with Gasteiger partial charge in [0.2, 0.25) is 5.91 Å². The van der Waals surface area contributed by atoms with Crippen molar-refractivity contribution in [2.24, 2.45) is 5.41 Å². The summed E-state index contributed by atoms with van der Waals surface area (Å²) in [6, 6.07) is 0.222. The number of likely N-dealkylation sites (tertiary alicyclic amines) is 1. The van der Waals surface area contributed by atoms with Crippen molar-refractivity contribution in [2.45, 2.75) is 40.2 Å². The number of amides is 2. The average Bonchev–Trinajstić information content (AvgIpc) is 3.02. The normalized spacial score (nSPS) is 21.9. The van der Waals surface area contributed by atoms with Crippen LogP contribution in [0.2, 0.25) is 0 Å². The van der Waals surface area contributed by atoms with E-state index >= 15 is 0 Å². The Kier molecular flexibility index (Phi) is 4.07. The van der Waals surface area contributed by atoms with Crippen molar-refractivity contribution >= 4 is 11.8 Å². The third-order valence-electron chi connectivity index (χ3n) is 4.21. The molecule has 21 heavy (non-hydrogen) atoms. The van der Waals surface area contributed by atoms with Gasteiger partial charge in [0.05, 0.1) is 16.7 Å². The van der Waals surface area contributed by atoms with Crippen LogP contribution < -0.4 is 5.32 Å². The van der Waals surface area contributed by atoms with Crippen molar-refractivity contribution < 1.29 is 9.59 Å². The highest BCUT2D eigenvalue weighted by Crippen LogP contribution is 2.31. The number of nitrogens with zero attached hydrogens (tertiary/aromatic N) is 3. The highest BCUT2D eigenvalue weighted by Gasteiger charge is 2.42. The topological polar surface area (TPSA) is 67.2 Å². The summed E-state index contributed by atoms with van der Waals surface area (Å²) in [5.74, 6) is -0.0422. The molecule has 2 heterocycles. The van der Waals surface area contributed by atoms with Crippen LogP contribution in [-0.2, 0) is 4.79 Å². The zero-order chi connectivity index (χ0) is 15.8. The third-order valence-corrected chi connectivity index (χ3v) is 4.21. The first-order valence-electron chi connectivity index (χ1n) is 7.35. The smallest absolute Gasteiger partial charge is 0.257 e. The molecule has 0 radical (unpaired) electrons. The van der Waals surface area contributed by atoms with E-state index in [-0.39, 0.29) is 17.9 Å². The van der Waals surface area contributed by atoms with Crippen molar-refractivity contribution in [2.75, 3.05) is 20.1 Å². The molecule has 1 N–H and O–H groups in total. The SMILES string of the molecule is CNC(=O)C1(C)CCN(C(=O)c2cn(C(C)C)nc2C)C1. The predicted octanol–water partition coefficient (Wildman–Crippen LogP) is 1.37. The Bertz CT molecular complexity index is 564. The number of aromatic nitrogens is 2. The standard InChI is InChI=1S/C15H24N4O2/c1-10(2)19-8-12(11(3)17-19)13(20)18-7-6-15(4,9-18)14(21)16-5/h8,10H,6-7,9H2,1-5H3,(H,16,21). The van der Waals surface area contributed by atoms with Gasteiger partial charge in [-0.05, 0) is 34.1 Å². The summed E-state index contributed by atoms with van der Waals surface area (Å²) >= 11 is 0. The van der Waals surface area contributed by atoms with Crippen LogP contribution in [0, 0.1) is 12.3 Å². The number of aryl methyl sites for hydroxylation is 1. The summed E-state index contributed by atoms with van der Waals surface area (Å²) in [6.07, 6.45) is 2.49. The van der Waals surface area contributed by atoms with Gasteiger partial charge in [0, 0.05) is 32.4 Å². The van der Waals surface area contributed by atoms with Crippen molar-refractivity contribution in [3.8, 4) is 0 Å². The second-order valence-electron chi connectivity index (χ2n) is 6.32. The largest absolute Gasteiger partial charge is 0.359 e. The molecule has 1 fully saturated rings. The molecule has 6 heteroatoms. The van der Waals surface area contributed by atoms with E-state index in [2.05, 4.69) is 10.4 Å². The number of nitrogens with one attached hydrogen (secondary N) is 1. The van der Waals surface area contributed by atoms with E-state index in [1.165, 1.54) is 0 Å². The van der Waals surface area contributed by atoms with Gasteiger partial charge in [-0.15, -0.1) is 0 Å². The molecule has 2 rings (SSSR count). The van der Waals surface area contributed by atoms with E-state index in [9.17, 15) is 9.59 Å². The maximum absolute atomic E-state index is 12.6. The molecule has 0 saturated carbocycles. The minimum atomic E-state index is -0.494. The Morgan fingerprint density at radius 3 is 2.62 bits per heavy atom. The first kappa shape index (κ1) is 15.5. The molecule has 1 atom stereocenters. The van der Waals surface area contributed by atoms with Crippen LogP contribution in [-0.4, -0.2) is 46.6 Å². The van der Waals surface area contributed by atoms with Crippen LogP contribution in [0.4, 0.5) is 0 Å². The predicted molar refractivity (Wildman–Crippen MR) is 80.0 cm³/mol. The van der Waals surface area contributed by atoms with Gasteiger partial charge >= 0.3 is 0 Å². The Balaban J connectivity index is 2.17. The number of hydrogen-bond donors (Lipinski definition) is 1. The van der Waals surface area contributed by atoms with Gasteiger partial charge in [0.25, 0.3) is 5.91 Å². The molecule has 1 aromatic rings. The van der Waals surface area contributed by atoms with Gasteiger partial charge in [-0.25, -0.2) is 0 Å². The molecule has 1 unspecified atom stereocenters. The first-order valence-corrected chi connectivity index (χ1v) is 7.35. The Labute approximate surface area is 125 Å². The molecule has 1 aliphatic heterocycles. The van der Waals surface area contributed by atoms with Gasteiger partial charge in [-0.3, -0.25) is 14.3 Å². The number of hydrogen-bond acceptors (Lipinski definition) is 3. The molecule has 0 bridgehead atoms. The maximum Gasteiger partial charge on any atom is 0.257 e. The molecule has 116 valence electrons. The zero-order valence-corrected chi connectivity index (χ0v) is 13.4. The molecule has 2 amide bonds. The average molecular weight is 292 g/mol. The van der Waals surface area contributed by atoms with E-state index in [4.69, 9.17) is 0 Å². The molecule has 1 aliphatic rings. The van der Waals surface area contributed by atoms with Crippen LogP contribution in [0.3, 0.4) is 0 Å². The van der Waals surface area contributed by atoms with Gasteiger partial charge < -0.3 is 10.2 Å². The highest BCUT2D eigenvalue weighted by atomic mass is 16.2. The lowest BCUT2D eigenvalue weighted by Gasteiger charge is -2.22. The Morgan fingerprint density at radius 2 is 2.10 bits per heavy atom. The monoisotopic (exact) mass is 292 g/mol. The summed E-state index contributed by atoms with van der Waals surface area (Å²) in [6.45, 7) is 8.87. The summed E-state index contributed by atoms with van der Waals surface area (Å²) < 4.78 is 1.80. The van der Waals surface area contributed by atoms with Gasteiger partial charge in [-0.1, -0.05) is 0 Å². The lowest BCUT2D eigenvalue weighted by atomic mass is 9.89. The number of carbonyl (C=O) groups excluding carboxylic acids is 2. The maximum atomic E-state index is 12.6. The molecular weight excluding hydrogens is 268 g/mol. The van der Waals surface area contributed by atoms with Crippen LogP contribution in [0.25, 0.3) is 0 Å². The highest BCUT2D eigenvalue weighted by molar-refractivity contribution is 5.96. The lowest BCUT2D eigenvalue weighted by Crippen LogP contribution is -2.40. The molecule has 0 spiro atoms. The van der Waals surface area contributed by atoms with Crippen LogP contribution >= 0.6 is 0 Å². The van der Waals surface area contributed by atoms with Gasteiger partial charge in [0.1, 0.15) is 0 Å². The van der Waals surface area contributed by atoms with Gasteiger partial charge in [-0.2, -0.15) is 5.10 Å². The zero-order valence-electron chi connectivity index (χ0n) is 13.4. The molecular formula is C15H24N4O2. The first-order chi connectivity index (χ1) is 9.78. The Morgan fingerprint density at radius 1 is 1.43 bits per heavy atom. The fourth-order valence-electron chi connectivity index (χ4n) is 2.75. The third kappa shape index (κ3) is 2.80. The molecule has 0 aliphatic carbocycles. The van der Waals surface area contributed by atoms with E-state index in [0.717, 1.165) is 5.69 Å². The van der Waals surface area contributed by atoms with Crippen LogP contribution in [0.1, 0.15) is 49.3 Å². The van der Waals surface area contributed by atoms with E-state index in [1.807, 2.05) is 27.7 Å². The summed E-state index contributed by atoms with van der Waals surface area (Å²) in [5.41, 5.74) is 0.874. The summed E-state index contributed by atoms with van der Waals surface area (Å²) in [7, 11) is 1.63. The second kappa shape index (κ2) is 5.50. The summed E-state index contributed by atoms with van der Waals surface area (Å²) in [5, 5.41) is 7.06. The van der Waals surface area contributed by atoms with Crippen LogP contribution in [0.5, 0.6) is 0 Å². The molecule has 0 aromatic carbocycles. The molecule has 6 nitrogen and oxygen atoms in total. The van der Waals surface area contributed by atoms with E-state index in [1.54, 1.807) is 22.8 Å². The van der Waals surface area contributed by atoms with Crippen molar-refractivity contribution in [3.63, 3.8) is 0 Å². The minimum absolute atomic E-state index is 0.00704. The fourth-order valence-corrected chi connectivity index (χ4v) is 2.75. The minimum Gasteiger partial charge on any atom is -0.359 e. The van der Waals surface area contributed by atoms with E-state index in [0.29, 0.717) is 25.1 Å². The fraction of sp³-hybridized carbons (Fsp3) is 0.667. The number of rotatable bonds is 3. The summed E-state index contributed by atoms with van der Waals surface area (Å²) in [4.78, 5) is 26.3. The Hall–Kier alpha value is -1.85. The molecule has 1 saturated heterocycles. The number of carbonyl (C=O) groups is 2. The lowest BCUT2D eigenvalue weighted by molar-refractivity contribution is -0.128. The van der Waals surface area contributed by atoms with Crippen molar-refractivity contribution in [3.05, 3.63) is 17.5 Å². The molecule has 1 aromatic heterocycles. The van der Waals surface area contributed by atoms with Gasteiger partial charge in [0.15, 0.2) is 0 Å². The quantitative estimate of drug-likeness (QED) is 0.915. The van der Waals surface area contributed by atoms with E-state index < -0.39 is 5.41 Å². The van der Waals surface area contributed by atoms with Crippen molar-refractivity contribution in [1.82, 2.24) is 20.0 Å².